The molecule has 0 spiro atoms. The van der Waals surface area contributed by atoms with Crippen molar-refractivity contribution in [3.63, 3.8) is 0 Å². The summed E-state index contributed by atoms with van der Waals surface area (Å²) in [5.74, 6) is -1.61. The van der Waals surface area contributed by atoms with Crippen LogP contribution in [0.4, 0.5) is 0 Å². The lowest BCUT2D eigenvalue weighted by Gasteiger charge is -2.05. The van der Waals surface area contributed by atoms with Crippen LogP contribution in [0.1, 0.15) is 21.5 Å². The van der Waals surface area contributed by atoms with E-state index in [1.807, 2.05) is 0 Å². The van der Waals surface area contributed by atoms with Gasteiger partial charge in [-0.3, -0.25) is 4.79 Å². The quantitative estimate of drug-likeness (QED) is 0.476. The summed E-state index contributed by atoms with van der Waals surface area (Å²) in [6.45, 7) is 1.48. The summed E-state index contributed by atoms with van der Waals surface area (Å²) in [6, 6.07) is 5.30. The first-order valence-electron chi connectivity index (χ1n) is 6.40. The maximum absolute atomic E-state index is 12.3. The average Bonchev–Trinajstić information content (AvgIpc) is 2.77. The van der Waals surface area contributed by atoms with Crippen molar-refractivity contribution in [2.75, 3.05) is 0 Å². The molecule has 2 aromatic carbocycles. The molecule has 0 fully saturated rings. The second kappa shape index (κ2) is 4.70. The number of ketones is 1. The third-order valence-electron chi connectivity index (χ3n) is 3.46. The minimum Gasteiger partial charge on any atom is -0.507 e. The van der Waals surface area contributed by atoms with E-state index in [1.165, 1.54) is 37.3 Å². The Bertz CT molecular complexity index is 835. The number of rotatable bonds is 1. The van der Waals surface area contributed by atoms with Gasteiger partial charge in [0.1, 0.15) is 22.8 Å². The van der Waals surface area contributed by atoms with Gasteiger partial charge in [0.15, 0.2) is 17.3 Å². The first-order chi connectivity index (χ1) is 10.4. The molecule has 22 heavy (non-hydrogen) atoms. The van der Waals surface area contributed by atoms with Crippen LogP contribution in [-0.2, 0) is 0 Å². The Kier molecular flexibility index (Phi) is 2.95. The van der Waals surface area contributed by atoms with E-state index in [-0.39, 0.29) is 45.6 Å². The van der Waals surface area contributed by atoms with Gasteiger partial charge in [-0.2, -0.15) is 0 Å². The second-order valence-electron chi connectivity index (χ2n) is 4.93. The molecule has 0 aliphatic carbocycles. The van der Waals surface area contributed by atoms with Crippen molar-refractivity contribution in [2.24, 2.45) is 0 Å². The van der Waals surface area contributed by atoms with Crippen molar-refractivity contribution in [3.05, 3.63) is 46.7 Å². The van der Waals surface area contributed by atoms with Crippen molar-refractivity contribution in [1.82, 2.24) is 0 Å². The van der Waals surface area contributed by atoms with Crippen LogP contribution in [0.15, 0.2) is 30.0 Å². The molecule has 1 heterocycles. The topological polar surface area (TPSA) is 107 Å². The van der Waals surface area contributed by atoms with Gasteiger partial charge in [0, 0.05) is 11.6 Å². The molecular formula is C16H12O6. The van der Waals surface area contributed by atoms with Crippen molar-refractivity contribution >= 4 is 11.9 Å². The van der Waals surface area contributed by atoms with Crippen LogP contribution in [0, 0.1) is 6.92 Å². The molecule has 0 saturated carbocycles. The van der Waals surface area contributed by atoms with Crippen LogP contribution < -0.4 is 4.74 Å². The summed E-state index contributed by atoms with van der Waals surface area (Å²) < 4.78 is 5.36. The van der Waals surface area contributed by atoms with Crippen molar-refractivity contribution in [3.8, 4) is 28.7 Å². The molecule has 0 atom stereocenters. The lowest BCUT2D eigenvalue weighted by Crippen LogP contribution is -1.98. The lowest BCUT2D eigenvalue weighted by molar-refractivity contribution is 0.101. The Balaban J connectivity index is 2.05. The number of carbonyl (C=O) groups excluding carboxylic acids is 1. The van der Waals surface area contributed by atoms with E-state index in [0.717, 1.165) is 0 Å². The molecular weight excluding hydrogens is 288 g/mol. The predicted molar refractivity (Wildman–Crippen MR) is 77.2 cm³/mol. The molecule has 0 saturated heterocycles. The zero-order chi connectivity index (χ0) is 16.0. The molecule has 6 heteroatoms. The van der Waals surface area contributed by atoms with E-state index in [4.69, 9.17) is 4.74 Å². The number of phenols is 4. The zero-order valence-corrected chi connectivity index (χ0v) is 11.5. The number of hydrogen-bond acceptors (Lipinski definition) is 6. The third kappa shape index (κ3) is 2.01. The maximum Gasteiger partial charge on any atom is 0.235 e. The molecule has 1 aliphatic rings. The molecule has 0 amide bonds. The summed E-state index contributed by atoms with van der Waals surface area (Å²) in [6.07, 6.45) is 1.37. The fraction of sp³-hybridized carbons (Fsp3) is 0.0625. The highest BCUT2D eigenvalue weighted by Gasteiger charge is 2.32. The number of phenolic OH excluding ortho intramolecular Hbond substituents is 4. The second-order valence-corrected chi connectivity index (χ2v) is 4.93. The number of fused-ring (bicyclic) bond motifs is 1. The highest BCUT2D eigenvalue weighted by Crippen LogP contribution is 2.43. The lowest BCUT2D eigenvalue weighted by atomic mass is 10.0. The van der Waals surface area contributed by atoms with Crippen LogP contribution in [0.2, 0.25) is 0 Å². The molecule has 0 bridgehead atoms. The highest BCUT2D eigenvalue weighted by molar-refractivity contribution is 6.16. The number of Topliss-reactive ketones (excluding diaryl/α,β-unsaturated/α-hetero) is 1. The molecule has 1 aliphatic heterocycles. The van der Waals surface area contributed by atoms with E-state index < -0.39 is 5.78 Å². The summed E-state index contributed by atoms with van der Waals surface area (Å²) in [5, 5.41) is 38.4. The smallest absolute Gasteiger partial charge is 0.235 e. The Morgan fingerprint density at radius 3 is 2.41 bits per heavy atom. The number of ether oxygens (including phenoxy) is 1. The molecule has 4 N–H and O–H groups in total. The monoisotopic (exact) mass is 300 g/mol. The summed E-state index contributed by atoms with van der Waals surface area (Å²) >= 11 is 0. The van der Waals surface area contributed by atoms with Crippen molar-refractivity contribution in [1.29, 1.82) is 0 Å². The fourth-order valence-corrected chi connectivity index (χ4v) is 2.19. The molecule has 6 nitrogen and oxygen atoms in total. The molecule has 0 unspecified atom stereocenters. The predicted octanol–water partition coefficient (Wildman–Crippen LogP) is 2.43. The van der Waals surface area contributed by atoms with Gasteiger partial charge in [0.05, 0.1) is 0 Å². The minimum atomic E-state index is -0.525. The third-order valence-corrected chi connectivity index (χ3v) is 3.46. The molecule has 0 radical (unpaired) electrons. The number of aromatic hydroxyl groups is 4. The van der Waals surface area contributed by atoms with Gasteiger partial charge < -0.3 is 25.2 Å². The van der Waals surface area contributed by atoms with E-state index in [9.17, 15) is 25.2 Å². The van der Waals surface area contributed by atoms with Gasteiger partial charge in [-0.05, 0) is 30.7 Å². The van der Waals surface area contributed by atoms with Crippen molar-refractivity contribution in [2.45, 2.75) is 6.92 Å². The number of carbonyl (C=O) groups is 1. The van der Waals surface area contributed by atoms with Crippen LogP contribution in [0.3, 0.4) is 0 Å². The van der Waals surface area contributed by atoms with Crippen LogP contribution in [-0.4, -0.2) is 26.2 Å². The number of benzene rings is 2. The first kappa shape index (κ1) is 13.8. The molecule has 2 aromatic rings. The van der Waals surface area contributed by atoms with Gasteiger partial charge in [0.2, 0.25) is 5.78 Å². The van der Waals surface area contributed by atoms with Crippen LogP contribution in [0.5, 0.6) is 28.7 Å². The highest BCUT2D eigenvalue weighted by atomic mass is 16.5. The van der Waals surface area contributed by atoms with Gasteiger partial charge in [-0.25, -0.2) is 0 Å². The minimum absolute atomic E-state index is 0.00968. The molecule has 112 valence electrons. The average molecular weight is 300 g/mol. The van der Waals surface area contributed by atoms with E-state index in [2.05, 4.69) is 0 Å². The zero-order valence-electron chi connectivity index (χ0n) is 11.5. The summed E-state index contributed by atoms with van der Waals surface area (Å²) in [5.41, 5.74) is 0.621. The van der Waals surface area contributed by atoms with Gasteiger partial charge in [-0.15, -0.1) is 0 Å². The summed E-state index contributed by atoms with van der Waals surface area (Å²) in [4.78, 5) is 12.3. The van der Waals surface area contributed by atoms with Crippen LogP contribution >= 0.6 is 0 Å². The Morgan fingerprint density at radius 1 is 1.00 bits per heavy atom. The molecule has 0 aromatic heterocycles. The number of allylic oxidation sites excluding steroid dienone is 1. The Labute approximate surface area is 125 Å². The van der Waals surface area contributed by atoms with E-state index in [1.54, 1.807) is 0 Å². The normalized spacial score (nSPS) is 15.0. The largest absolute Gasteiger partial charge is 0.507 e. The summed E-state index contributed by atoms with van der Waals surface area (Å²) in [7, 11) is 0. The van der Waals surface area contributed by atoms with Gasteiger partial charge >= 0.3 is 0 Å². The fourth-order valence-electron chi connectivity index (χ4n) is 2.19. The first-order valence-corrected chi connectivity index (χ1v) is 6.40. The standard InChI is InChI=1S/C16H12O6/c1-7-10(18)6-12-14(15(7)20)16(21)13(22-12)5-8-2-3-9(17)11(19)4-8/h2-6,17-20H,1H3/b13-5+. The van der Waals surface area contributed by atoms with Crippen molar-refractivity contribution < 1.29 is 30.0 Å². The van der Waals surface area contributed by atoms with Gasteiger partial charge in [0.25, 0.3) is 0 Å². The Hall–Kier alpha value is -3.15. The van der Waals surface area contributed by atoms with Gasteiger partial charge in [-0.1, -0.05) is 6.07 Å². The van der Waals surface area contributed by atoms with Crippen LogP contribution in [0.25, 0.3) is 6.08 Å². The SMILES string of the molecule is Cc1c(O)cc2c(c1O)C(=O)/C(=C\c1ccc(O)c(O)c1)O2. The van der Waals surface area contributed by atoms with E-state index in [0.29, 0.717) is 5.56 Å². The molecule has 3 rings (SSSR count). The number of hydrogen-bond donors (Lipinski definition) is 4. The Morgan fingerprint density at radius 2 is 1.73 bits per heavy atom. The maximum atomic E-state index is 12.3. The van der Waals surface area contributed by atoms with E-state index >= 15 is 0 Å².